The van der Waals surface area contributed by atoms with E-state index in [1.807, 2.05) is 0 Å². The van der Waals surface area contributed by atoms with E-state index >= 15 is 0 Å². The molecule has 1 unspecified atom stereocenters. The number of aromatic nitrogens is 1. The fourth-order valence-electron chi connectivity index (χ4n) is 5.72. The number of methoxy groups -OCH3 is 1. The van der Waals surface area contributed by atoms with Crippen molar-refractivity contribution in [3.63, 3.8) is 0 Å². The molecule has 7 nitrogen and oxygen atoms in total. The number of hydrogen-bond donors (Lipinski definition) is 2. The molecular formula is C29H26ClF4N3O4. The lowest BCUT2D eigenvalue weighted by Gasteiger charge is -2.32. The van der Waals surface area contributed by atoms with Gasteiger partial charge in [0, 0.05) is 24.3 Å². The van der Waals surface area contributed by atoms with Crippen LogP contribution in [0.3, 0.4) is 0 Å². The average Bonchev–Trinajstić information content (AvgIpc) is 3.17. The minimum Gasteiger partial charge on any atom is -0.496 e. The number of aliphatic hydroxyl groups is 1. The summed E-state index contributed by atoms with van der Waals surface area (Å²) in [6.07, 6.45) is 0.256. The van der Waals surface area contributed by atoms with Crippen LogP contribution >= 0.6 is 11.6 Å². The molecule has 2 N–H and O–H groups in total. The van der Waals surface area contributed by atoms with Crippen LogP contribution < -0.4 is 15.0 Å². The highest BCUT2D eigenvalue weighted by Gasteiger charge is 2.55. The zero-order chi connectivity index (χ0) is 29.5. The van der Waals surface area contributed by atoms with Crippen molar-refractivity contribution >= 4 is 29.1 Å². The van der Waals surface area contributed by atoms with E-state index in [9.17, 15) is 32.3 Å². The van der Waals surface area contributed by atoms with Crippen molar-refractivity contribution in [1.82, 2.24) is 10.3 Å². The van der Waals surface area contributed by atoms with Gasteiger partial charge in [-0.15, -0.1) is 0 Å². The van der Waals surface area contributed by atoms with Crippen molar-refractivity contribution in [3.05, 3.63) is 87.7 Å². The molecule has 1 aliphatic carbocycles. The molecule has 0 bridgehead atoms. The van der Waals surface area contributed by atoms with Gasteiger partial charge in [-0.2, -0.15) is 0 Å². The smallest absolute Gasteiger partial charge is 0.281 e. The lowest BCUT2D eigenvalue weighted by atomic mass is 9.85. The lowest BCUT2D eigenvalue weighted by molar-refractivity contribution is -0.132. The summed E-state index contributed by atoms with van der Waals surface area (Å²) < 4.78 is 61.2. The van der Waals surface area contributed by atoms with Crippen molar-refractivity contribution < 1.29 is 37.0 Å². The second-order valence-electron chi connectivity index (χ2n) is 10.2. The second kappa shape index (κ2) is 11.3. The molecule has 1 fully saturated rings. The third-order valence-corrected chi connectivity index (χ3v) is 7.94. The van der Waals surface area contributed by atoms with Crippen LogP contribution in [0, 0.1) is 17.6 Å². The molecule has 2 aliphatic rings. The van der Waals surface area contributed by atoms with Crippen LogP contribution in [-0.2, 0) is 10.4 Å². The number of nitrogens with one attached hydrogen (secondary N) is 1. The van der Waals surface area contributed by atoms with Gasteiger partial charge in [0.05, 0.1) is 28.9 Å². The third-order valence-electron chi connectivity index (χ3n) is 7.73. The van der Waals surface area contributed by atoms with Crippen molar-refractivity contribution in [3.8, 4) is 5.75 Å². The molecule has 1 aliphatic heterocycles. The van der Waals surface area contributed by atoms with Crippen molar-refractivity contribution in [2.75, 3.05) is 18.6 Å². The number of fused-ring (bicyclic) bond motifs is 1. The number of alkyl halides is 2. The summed E-state index contributed by atoms with van der Waals surface area (Å²) in [6.45, 7) is 0.173. The fourth-order valence-corrected chi connectivity index (χ4v) is 5.88. The van der Waals surface area contributed by atoms with Gasteiger partial charge in [-0.05, 0) is 55.9 Å². The first-order valence-electron chi connectivity index (χ1n) is 13.0. The Morgan fingerprint density at radius 2 is 1.90 bits per heavy atom. The summed E-state index contributed by atoms with van der Waals surface area (Å²) in [6, 6.07) is 8.91. The number of rotatable bonds is 7. The van der Waals surface area contributed by atoms with E-state index in [4.69, 9.17) is 16.3 Å². The van der Waals surface area contributed by atoms with Crippen LogP contribution in [0.2, 0.25) is 5.02 Å². The Labute approximate surface area is 238 Å². The molecule has 12 heteroatoms. The number of nitrogens with zero attached hydrogens (tertiary/aromatic N) is 2. The van der Waals surface area contributed by atoms with E-state index in [0.717, 1.165) is 18.3 Å². The van der Waals surface area contributed by atoms with E-state index in [0.29, 0.717) is 31.4 Å². The second-order valence-corrected chi connectivity index (χ2v) is 10.6. The van der Waals surface area contributed by atoms with Gasteiger partial charge in [0.15, 0.2) is 11.6 Å². The summed E-state index contributed by atoms with van der Waals surface area (Å²) in [5.74, 6) is -3.97. The summed E-state index contributed by atoms with van der Waals surface area (Å²) in [5.41, 5.74) is -3.60. The summed E-state index contributed by atoms with van der Waals surface area (Å²) in [7, 11) is 1.35. The van der Waals surface area contributed by atoms with Gasteiger partial charge in [0.25, 0.3) is 18.2 Å². The maximum absolute atomic E-state index is 14.9. The van der Waals surface area contributed by atoms with Crippen LogP contribution in [-0.4, -0.2) is 41.6 Å². The zero-order valence-corrected chi connectivity index (χ0v) is 22.6. The number of amides is 2. The van der Waals surface area contributed by atoms with Gasteiger partial charge in [-0.3, -0.25) is 14.6 Å². The highest BCUT2D eigenvalue weighted by atomic mass is 35.5. The van der Waals surface area contributed by atoms with Crippen LogP contribution in [0.15, 0.2) is 48.7 Å². The molecule has 2 amide bonds. The quantitative estimate of drug-likeness (QED) is 0.353. The Balaban J connectivity index is 1.33. The number of halogens is 5. The molecule has 0 saturated heterocycles. The molecule has 41 heavy (non-hydrogen) atoms. The Morgan fingerprint density at radius 3 is 2.59 bits per heavy atom. The minimum absolute atomic E-state index is 0.0305. The minimum atomic E-state index is -2.94. The van der Waals surface area contributed by atoms with Crippen LogP contribution in [0.1, 0.15) is 59.3 Å². The first-order valence-corrected chi connectivity index (χ1v) is 13.3. The van der Waals surface area contributed by atoms with E-state index in [-0.39, 0.29) is 40.4 Å². The Hall–Kier alpha value is -3.70. The highest BCUT2D eigenvalue weighted by molar-refractivity contribution is 6.30. The number of benzene rings is 2. The summed E-state index contributed by atoms with van der Waals surface area (Å²) >= 11 is 5.87. The van der Waals surface area contributed by atoms with E-state index in [1.54, 1.807) is 12.1 Å². The van der Waals surface area contributed by atoms with Crippen molar-refractivity contribution in [2.24, 2.45) is 5.92 Å². The van der Waals surface area contributed by atoms with Crippen LogP contribution in [0.4, 0.5) is 23.2 Å². The number of carbonyl (C=O) groups is 2. The first kappa shape index (κ1) is 28.8. The van der Waals surface area contributed by atoms with E-state index in [2.05, 4.69) is 10.3 Å². The number of carbonyl (C=O) groups excluding carboxylic acids is 2. The van der Waals surface area contributed by atoms with Crippen LogP contribution in [0.5, 0.6) is 5.75 Å². The molecule has 216 valence electrons. The molecule has 1 atom stereocenters. The largest absolute Gasteiger partial charge is 0.496 e. The molecule has 0 radical (unpaired) electrons. The molecular weight excluding hydrogens is 566 g/mol. The zero-order valence-electron chi connectivity index (χ0n) is 21.8. The van der Waals surface area contributed by atoms with Crippen LogP contribution in [0.25, 0.3) is 0 Å². The molecule has 1 aromatic heterocycles. The van der Waals surface area contributed by atoms with Gasteiger partial charge >= 0.3 is 0 Å². The highest BCUT2D eigenvalue weighted by Crippen LogP contribution is 2.50. The first-order chi connectivity index (χ1) is 19.6. The average molecular weight is 592 g/mol. The van der Waals surface area contributed by atoms with Gasteiger partial charge in [-0.25, -0.2) is 17.6 Å². The molecule has 5 rings (SSSR count). The Bertz CT molecular complexity index is 1500. The number of pyridine rings is 1. The molecule has 3 aromatic rings. The lowest BCUT2D eigenvalue weighted by Crippen LogP contribution is -2.45. The van der Waals surface area contributed by atoms with Crippen molar-refractivity contribution in [2.45, 2.75) is 43.8 Å². The topological polar surface area (TPSA) is 91.8 Å². The maximum Gasteiger partial charge on any atom is 0.281 e. The standard InChI is InChI=1S/C29H26ClF4N3O4/c1-41-22-7-3-6-21-23(22)29(40,19-4-2-5-20(31)24(19)32)28(39)37(21)14-15-8-10-17(11-9-15)36-27(38)18-12-16(30)13-35-25(18)26(33)34/h2-7,12-13,15,17,26,40H,8-11,14H2,1H3,(H,36,38). The van der Waals surface area contributed by atoms with Gasteiger partial charge in [-0.1, -0.05) is 29.8 Å². The summed E-state index contributed by atoms with van der Waals surface area (Å²) in [5, 5.41) is 14.6. The van der Waals surface area contributed by atoms with Crippen molar-refractivity contribution in [1.29, 1.82) is 0 Å². The molecule has 2 heterocycles. The maximum atomic E-state index is 14.9. The predicted octanol–water partition coefficient (Wildman–Crippen LogP) is 5.53. The van der Waals surface area contributed by atoms with Gasteiger partial charge in [0.1, 0.15) is 11.4 Å². The monoisotopic (exact) mass is 591 g/mol. The molecule has 1 saturated carbocycles. The molecule has 0 spiro atoms. The summed E-state index contributed by atoms with van der Waals surface area (Å²) in [4.78, 5) is 31.5. The Morgan fingerprint density at radius 1 is 1.20 bits per heavy atom. The predicted molar refractivity (Wildman–Crippen MR) is 142 cm³/mol. The Kier molecular flexibility index (Phi) is 7.93. The fraction of sp³-hybridized carbons (Fsp3) is 0.345. The van der Waals surface area contributed by atoms with Gasteiger partial charge < -0.3 is 20.1 Å². The normalized spacial score (nSPS) is 22.1. The number of ether oxygens (including phenoxy) is 1. The molecule has 2 aromatic carbocycles. The van der Waals surface area contributed by atoms with Gasteiger partial charge in [0.2, 0.25) is 5.60 Å². The van der Waals surface area contributed by atoms with E-state index in [1.165, 1.54) is 30.2 Å². The number of hydrogen-bond acceptors (Lipinski definition) is 5. The third kappa shape index (κ3) is 5.12. The number of anilines is 1. The SMILES string of the molecule is COc1cccc2c1C(O)(c1cccc(F)c1F)C(=O)N2CC1CCC(NC(=O)c2cc(Cl)cnc2C(F)F)CC1. The van der Waals surface area contributed by atoms with E-state index < -0.39 is 46.7 Å².